The smallest absolute Gasteiger partial charge is 0.155 e. The van der Waals surface area contributed by atoms with Crippen LogP contribution in [0.15, 0.2) is 0 Å². The summed E-state index contributed by atoms with van der Waals surface area (Å²) in [5, 5.41) is -0.207. The summed E-state index contributed by atoms with van der Waals surface area (Å²) in [6.45, 7) is 1.92. The summed E-state index contributed by atoms with van der Waals surface area (Å²) in [6.07, 6.45) is 3.11. The van der Waals surface area contributed by atoms with Crippen molar-refractivity contribution in [3.8, 4) is 0 Å². The lowest BCUT2D eigenvalue weighted by atomic mass is 10.2. The van der Waals surface area contributed by atoms with Crippen molar-refractivity contribution in [1.82, 2.24) is 4.90 Å². The highest BCUT2D eigenvalue weighted by Crippen LogP contribution is 2.29. The Kier molecular flexibility index (Phi) is 2.81. The first-order chi connectivity index (χ1) is 6.63. The Morgan fingerprint density at radius 2 is 2.07 bits per heavy atom. The van der Waals surface area contributed by atoms with Gasteiger partial charge in [0, 0.05) is 19.1 Å². The van der Waals surface area contributed by atoms with Crippen LogP contribution in [0.1, 0.15) is 19.3 Å². The monoisotopic (exact) mass is 218 g/mol. The van der Waals surface area contributed by atoms with E-state index >= 15 is 0 Å². The Bertz CT molecular complexity index is 298. The molecule has 4 nitrogen and oxygen atoms in total. The van der Waals surface area contributed by atoms with E-state index in [2.05, 4.69) is 4.90 Å². The zero-order chi connectivity index (χ0) is 10.2. The normalized spacial score (nSPS) is 33.1. The van der Waals surface area contributed by atoms with Gasteiger partial charge >= 0.3 is 0 Å². The van der Waals surface area contributed by atoms with E-state index < -0.39 is 9.84 Å². The Balaban J connectivity index is 2.01. The minimum absolute atomic E-state index is 0.207. The number of rotatable bonds is 3. The highest BCUT2D eigenvalue weighted by atomic mass is 32.2. The van der Waals surface area contributed by atoms with Gasteiger partial charge in [-0.15, -0.1) is 0 Å². The predicted molar refractivity (Wildman–Crippen MR) is 55.8 cm³/mol. The van der Waals surface area contributed by atoms with Crippen LogP contribution in [0.5, 0.6) is 0 Å². The van der Waals surface area contributed by atoms with Crippen LogP contribution < -0.4 is 5.73 Å². The van der Waals surface area contributed by atoms with E-state index in [9.17, 15) is 8.42 Å². The first-order valence-corrected chi connectivity index (χ1v) is 7.01. The summed E-state index contributed by atoms with van der Waals surface area (Å²) < 4.78 is 23.4. The van der Waals surface area contributed by atoms with E-state index in [1.165, 1.54) is 12.8 Å². The fourth-order valence-electron chi connectivity index (χ4n) is 2.11. The molecular weight excluding hydrogens is 200 g/mol. The van der Waals surface area contributed by atoms with Crippen LogP contribution in [0, 0.1) is 0 Å². The van der Waals surface area contributed by atoms with E-state index in [1.54, 1.807) is 0 Å². The van der Waals surface area contributed by atoms with Crippen LogP contribution in [0.25, 0.3) is 0 Å². The number of hydrogen-bond acceptors (Lipinski definition) is 4. The van der Waals surface area contributed by atoms with Gasteiger partial charge in [-0.05, 0) is 25.8 Å². The van der Waals surface area contributed by atoms with Gasteiger partial charge in [0.25, 0.3) is 0 Å². The molecule has 1 saturated heterocycles. The number of hydrogen-bond donors (Lipinski definition) is 1. The fraction of sp³-hybridized carbons (Fsp3) is 1.00. The third-order valence-electron chi connectivity index (χ3n) is 3.16. The maximum absolute atomic E-state index is 11.7. The van der Waals surface area contributed by atoms with Crippen molar-refractivity contribution >= 4 is 9.84 Å². The lowest BCUT2D eigenvalue weighted by Crippen LogP contribution is -2.48. The summed E-state index contributed by atoms with van der Waals surface area (Å²) in [7, 11) is -2.85. The van der Waals surface area contributed by atoms with Crippen LogP contribution >= 0.6 is 0 Å². The molecule has 1 unspecified atom stereocenters. The Labute approximate surface area is 85.4 Å². The largest absolute Gasteiger partial charge is 0.330 e. The summed E-state index contributed by atoms with van der Waals surface area (Å²) in [5.74, 6) is 0.328. The third kappa shape index (κ3) is 2.10. The molecule has 1 aliphatic heterocycles. The highest BCUT2D eigenvalue weighted by molar-refractivity contribution is 7.92. The van der Waals surface area contributed by atoms with E-state index in [-0.39, 0.29) is 5.25 Å². The molecular formula is C9H18N2O2S. The summed E-state index contributed by atoms with van der Waals surface area (Å²) >= 11 is 0. The van der Waals surface area contributed by atoms with Crippen molar-refractivity contribution < 1.29 is 8.42 Å². The van der Waals surface area contributed by atoms with Crippen LogP contribution in [-0.2, 0) is 9.84 Å². The van der Waals surface area contributed by atoms with Crippen LogP contribution in [0.2, 0.25) is 0 Å². The Morgan fingerprint density at radius 3 is 2.64 bits per heavy atom. The molecule has 14 heavy (non-hydrogen) atoms. The second-order valence-electron chi connectivity index (χ2n) is 4.29. The summed E-state index contributed by atoms with van der Waals surface area (Å²) in [4.78, 5) is 2.32. The molecule has 0 aromatic rings. The fourth-order valence-corrected chi connectivity index (χ4v) is 3.84. The van der Waals surface area contributed by atoms with E-state index in [0.717, 1.165) is 6.54 Å². The van der Waals surface area contributed by atoms with Gasteiger partial charge in [-0.2, -0.15) is 0 Å². The molecule has 2 fully saturated rings. The molecule has 0 aromatic heterocycles. The van der Waals surface area contributed by atoms with Crippen molar-refractivity contribution in [3.63, 3.8) is 0 Å². The molecule has 1 atom stereocenters. The SMILES string of the molecule is NCCC1CN(C2CC2)CCS1(=O)=O. The predicted octanol–water partition coefficient (Wildman–Crippen LogP) is -0.403. The number of nitrogens with two attached hydrogens (primary N) is 1. The molecule has 5 heteroatoms. The second-order valence-corrected chi connectivity index (χ2v) is 6.69. The van der Waals surface area contributed by atoms with Crippen molar-refractivity contribution in [2.24, 2.45) is 5.73 Å². The minimum Gasteiger partial charge on any atom is -0.330 e. The average molecular weight is 218 g/mol. The van der Waals surface area contributed by atoms with Crippen LogP contribution in [-0.4, -0.2) is 50.0 Å². The molecule has 1 aliphatic carbocycles. The standard InChI is InChI=1S/C9H18N2O2S/c10-4-3-9-7-11(8-1-2-8)5-6-14(9,12)13/h8-9H,1-7,10H2. The van der Waals surface area contributed by atoms with Gasteiger partial charge in [0.05, 0.1) is 11.0 Å². The van der Waals surface area contributed by atoms with Crippen molar-refractivity contribution in [1.29, 1.82) is 0 Å². The molecule has 0 spiro atoms. The lowest BCUT2D eigenvalue weighted by Gasteiger charge is -2.32. The zero-order valence-electron chi connectivity index (χ0n) is 8.35. The molecule has 82 valence electrons. The maximum atomic E-state index is 11.7. The topological polar surface area (TPSA) is 63.4 Å². The average Bonchev–Trinajstić information content (AvgIpc) is 2.92. The van der Waals surface area contributed by atoms with Gasteiger partial charge in [0.15, 0.2) is 9.84 Å². The molecule has 1 saturated carbocycles. The molecule has 0 radical (unpaired) electrons. The third-order valence-corrected chi connectivity index (χ3v) is 5.31. The number of nitrogens with zero attached hydrogens (tertiary/aromatic N) is 1. The molecule has 0 amide bonds. The minimum atomic E-state index is -2.85. The van der Waals surface area contributed by atoms with Crippen LogP contribution in [0.3, 0.4) is 0 Å². The van der Waals surface area contributed by atoms with E-state index in [1.807, 2.05) is 0 Å². The Morgan fingerprint density at radius 1 is 1.36 bits per heavy atom. The van der Waals surface area contributed by atoms with Gasteiger partial charge in [-0.25, -0.2) is 8.42 Å². The van der Waals surface area contributed by atoms with Crippen molar-refractivity contribution in [2.75, 3.05) is 25.4 Å². The molecule has 2 rings (SSSR count). The van der Waals surface area contributed by atoms with Gasteiger partial charge in [0.1, 0.15) is 0 Å². The molecule has 0 bridgehead atoms. The number of sulfone groups is 1. The molecule has 2 N–H and O–H groups in total. The first-order valence-electron chi connectivity index (χ1n) is 5.29. The van der Waals surface area contributed by atoms with Gasteiger partial charge < -0.3 is 5.73 Å². The van der Waals surface area contributed by atoms with Gasteiger partial charge in [-0.1, -0.05) is 0 Å². The zero-order valence-corrected chi connectivity index (χ0v) is 9.17. The van der Waals surface area contributed by atoms with Crippen molar-refractivity contribution in [3.05, 3.63) is 0 Å². The summed E-state index contributed by atoms with van der Waals surface area (Å²) in [5.41, 5.74) is 5.43. The maximum Gasteiger partial charge on any atom is 0.155 e. The Hall–Kier alpha value is -0.130. The first kappa shape index (κ1) is 10.4. The van der Waals surface area contributed by atoms with Gasteiger partial charge in [0.2, 0.25) is 0 Å². The lowest BCUT2D eigenvalue weighted by molar-refractivity contribution is 0.261. The molecule has 0 aromatic carbocycles. The van der Waals surface area contributed by atoms with Crippen molar-refractivity contribution in [2.45, 2.75) is 30.6 Å². The second kappa shape index (κ2) is 3.79. The summed E-state index contributed by atoms with van der Waals surface area (Å²) in [6, 6.07) is 0.672. The highest BCUT2D eigenvalue weighted by Gasteiger charge is 2.38. The molecule has 1 heterocycles. The van der Waals surface area contributed by atoms with Crippen LogP contribution in [0.4, 0.5) is 0 Å². The van der Waals surface area contributed by atoms with E-state index in [0.29, 0.717) is 31.3 Å². The van der Waals surface area contributed by atoms with E-state index in [4.69, 9.17) is 5.73 Å². The molecule has 2 aliphatic rings. The van der Waals surface area contributed by atoms with Gasteiger partial charge in [-0.3, -0.25) is 4.90 Å². The quantitative estimate of drug-likeness (QED) is 0.700.